The van der Waals surface area contributed by atoms with Gasteiger partial charge in [-0.1, -0.05) is 0 Å². The Kier molecular flexibility index (Phi) is 9.24. The number of nitrogens with two attached hydrogens (primary N) is 2. The van der Waals surface area contributed by atoms with Gasteiger partial charge >= 0.3 is 19.9 Å². The van der Waals surface area contributed by atoms with E-state index >= 15 is 0 Å². The van der Waals surface area contributed by atoms with E-state index in [-0.39, 0.29) is 6.61 Å². The van der Waals surface area contributed by atoms with Gasteiger partial charge in [-0.3, -0.25) is 13.6 Å². The van der Waals surface area contributed by atoms with Crippen LogP contribution in [0.4, 0.5) is 9.59 Å². The topological polar surface area (TPSA) is 236 Å². The van der Waals surface area contributed by atoms with Crippen molar-refractivity contribution in [1.82, 2.24) is 10.6 Å². The smallest absolute Gasteiger partial charge is 0.391 e. The second kappa shape index (κ2) is 9.84. The van der Waals surface area contributed by atoms with Gasteiger partial charge in [0, 0.05) is 0 Å². The molecular weight excluding hydrogens is 367 g/mol. The number of aliphatic hydroxyl groups excluding tert-OH is 4. The Labute approximate surface area is 142 Å². The van der Waals surface area contributed by atoms with Crippen LogP contribution in [0.15, 0.2) is 0 Å². The fourth-order valence-electron chi connectivity index (χ4n) is 1.53. The number of hydrogen-bond acceptors (Lipinski definition) is 10. The van der Waals surface area contributed by atoms with Gasteiger partial charge in [-0.25, -0.2) is 14.2 Å². The number of carbonyl (C=O) groups is 2. The number of nitrogens with one attached hydrogen (secondary N) is 2. The molecule has 0 aromatic carbocycles. The summed E-state index contributed by atoms with van der Waals surface area (Å²) in [6, 6.07) is -2.51. The van der Waals surface area contributed by atoms with Crippen molar-refractivity contribution in [1.29, 1.82) is 0 Å². The zero-order valence-electron chi connectivity index (χ0n) is 13.4. The lowest BCUT2D eigenvalue weighted by molar-refractivity contribution is -0.111. The lowest BCUT2D eigenvalue weighted by Crippen LogP contribution is -2.59. The third-order valence-electron chi connectivity index (χ3n) is 2.58. The highest BCUT2D eigenvalue weighted by Crippen LogP contribution is 2.54. The van der Waals surface area contributed by atoms with Crippen molar-refractivity contribution >= 4 is 19.9 Å². The minimum absolute atomic E-state index is 0.301. The molecule has 0 aromatic rings. The van der Waals surface area contributed by atoms with Crippen molar-refractivity contribution in [3.05, 3.63) is 0 Å². The van der Waals surface area contributed by atoms with Gasteiger partial charge in [0.05, 0.1) is 33.0 Å². The van der Waals surface area contributed by atoms with E-state index in [1.165, 1.54) is 6.92 Å². The summed E-state index contributed by atoms with van der Waals surface area (Å²) in [6.45, 7) is -3.38. The third-order valence-corrected chi connectivity index (χ3v) is 4.30. The van der Waals surface area contributed by atoms with E-state index in [2.05, 4.69) is 0 Å². The molecule has 0 radical (unpaired) electrons. The number of urea groups is 2. The Morgan fingerprint density at radius 1 is 0.920 bits per heavy atom. The van der Waals surface area contributed by atoms with E-state index < -0.39 is 57.8 Å². The molecule has 0 aromatic heterocycles. The van der Waals surface area contributed by atoms with Crippen molar-refractivity contribution in [2.75, 3.05) is 33.0 Å². The van der Waals surface area contributed by atoms with Crippen molar-refractivity contribution < 1.29 is 48.2 Å². The molecule has 0 fully saturated rings. The van der Waals surface area contributed by atoms with E-state index in [0.29, 0.717) is 0 Å². The lowest BCUT2D eigenvalue weighted by Gasteiger charge is -2.37. The molecule has 0 aliphatic carbocycles. The highest BCUT2D eigenvalue weighted by Gasteiger charge is 2.48. The van der Waals surface area contributed by atoms with Crippen LogP contribution in [0.1, 0.15) is 6.92 Å². The van der Waals surface area contributed by atoms with Crippen molar-refractivity contribution in [3.8, 4) is 0 Å². The van der Waals surface area contributed by atoms with Gasteiger partial charge in [0.2, 0.25) is 0 Å². The summed E-state index contributed by atoms with van der Waals surface area (Å²) >= 11 is 0. The van der Waals surface area contributed by atoms with E-state index in [0.717, 1.165) is 0 Å². The largest absolute Gasteiger partial charge is 0.479 e. The Hall–Kier alpha value is -1.51. The molecule has 10 N–H and O–H groups in total. The van der Waals surface area contributed by atoms with Crippen LogP contribution in [0, 0.1) is 0 Å². The first-order valence-electron chi connectivity index (χ1n) is 6.80. The molecule has 0 saturated heterocycles. The summed E-state index contributed by atoms with van der Waals surface area (Å²) in [7, 11) is -4.82. The van der Waals surface area contributed by atoms with Crippen LogP contribution in [-0.2, 0) is 18.1 Å². The molecule has 0 atom stereocenters. The van der Waals surface area contributed by atoms with Crippen LogP contribution < -0.4 is 22.1 Å². The molecular formula is C10H23N4O10P. The number of amides is 4. The van der Waals surface area contributed by atoms with Crippen LogP contribution in [0.25, 0.3) is 0 Å². The van der Waals surface area contributed by atoms with E-state index in [9.17, 15) is 34.6 Å². The first kappa shape index (κ1) is 23.5. The predicted octanol–water partition coefficient (Wildman–Crippen LogP) is -3.14. The lowest BCUT2D eigenvalue weighted by atomic mass is 10.2. The highest BCUT2D eigenvalue weighted by molar-refractivity contribution is 7.48. The van der Waals surface area contributed by atoms with Crippen LogP contribution in [0.2, 0.25) is 0 Å². The Morgan fingerprint density at radius 2 is 1.24 bits per heavy atom. The number of hydrogen-bond donors (Lipinski definition) is 8. The molecule has 0 heterocycles. The van der Waals surface area contributed by atoms with E-state index in [1.54, 1.807) is 0 Å². The van der Waals surface area contributed by atoms with Gasteiger partial charge in [-0.15, -0.1) is 0 Å². The number of rotatable bonds is 12. The first-order chi connectivity index (χ1) is 11.6. The van der Waals surface area contributed by atoms with Crippen molar-refractivity contribution in [3.63, 3.8) is 0 Å². The second-order valence-corrected chi connectivity index (χ2v) is 6.16. The number of phosphoric acid groups is 1. The first-order valence-corrected chi connectivity index (χ1v) is 8.26. The summed E-state index contributed by atoms with van der Waals surface area (Å²) in [6.07, 6.45) is 0. The molecule has 0 rings (SSSR count). The summed E-state index contributed by atoms with van der Waals surface area (Å²) in [5, 5.41) is 41.0. The molecule has 0 spiro atoms. The molecule has 14 nitrogen and oxygen atoms in total. The van der Waals surface area contributed by atoms with Crippen molar-refractivity contribution in [2.24, 2.45) is 11.5 Å². The maximum Gasteiger partial charge on any atom is 0.479 e. The molecule has 148 valence electrons. The highest BCUT2D eigenvalue weighted by atomic mass is 31.2. The van der Waals surface area contributed by atoms with E-state index in [1.807, 2.05) is 10.6 Å². The second-order valence-electron chi connectivity index (χ2n) is 4.65. The van der Waals surface area contributed by atoms with Crippen molar-refractivity contribution in [2.45, 2.75) is 18.4 Å². The van der Waals surface area contributed by atoms with Gasteiger partial charge < -0.3 is 42.5 Å². The van der Waals surface area contributed by atoms with Gasteiger partial charge in [-0.2, -0.15) is 0 Å². The fourth-order valence-corrected chi connectivity index (χ4v) is 3.16. The molecule has 0 bridgehead atoms. The molecule has 0 aliphatic rings. The summed E-state index contributed by atoms with van der Waals surface area (Å²) in [5.74, 6) is 0. The predicted molar refractivity (Wildman–Crippen MR) is 80.6 cm³/mol. The normalized spacial score (nSPS) is 12.7. The van der Waals surface area contributed by atoms with Crippen LogP contribution in [0.3, 0.4) is 0 Å². The Bertz CT molecular complexity index is 458. The third kappa shape index (κ3) is 7.09. The molecule has 0 saturated carbocycles. The quantitative estimate of drug-likeness (QED) is 0.123. The Balaban J connectivity index is 5.75. The van der Waals surface area contributed by atoms with Crippen LogP contribution >= 0.6 is 7.82 Å². The van der Waals surface area contributed by atoms with Gasteiger partial charge in [-0.05, 0) is 6.92 Å². The van der Waals surface area contributed by atoms with Crippen LogP contribution in [-0.4, -0.2) is 77.0 Å². The minimum atomic E-state index is -4.82. The zero-order chi connectivity index (χ0) is 19.7. The van der Waals surface area contributed by atoms with Crippen LogP contribution in [0.5, 0.6) is 0 Å². The van der Waals surface area contributed by atoms with Gasteiger partial charge in [0.15, 0.2) is 11.4 Å². The molecule has 0 aliphatic heterocycles. The zero-order valence-corrected chi connectivity index (χ0v) is 14.3. The molecule has 15 heteroatoms. The summed E-state index contributed by atoms with van der Waals surface area (Å²) in [4.78, 5) is 22.0. The summed E-state index contributed by atoms with van der Waals surface area (Å²) in [5.41, 5.74) is 5.00. The summed E-state index contributed by atoms with van der Waals surface area (Å²) < 4.78 is 27.3. The Morgan fingerprint density at radius 3 is 1.44 bits per heavy atom. The molecule has 0 unspecified atom stereocenters. The number of primary amides is 2. The van der Waals surface area contributed by atoms with Gasteiger partial charge in [0.1, 0.15) is 0 Å². The number of phosphoric ester groups is 1. The molecule has 4 amide bonds. The fraction of sp³-hybridized carbons (Fsp3) is 0.800. The van der Waals surface area contributed by atoms with E-state index in [4.69, 9.17) is 25.0 Å². The van der Waals surface area contributed by atoms with Gasteiger partial charge in [0.25, 0.3) is 0 Å². The minimum Gasteiger partial charge on any atom is -0.391 e. The maximum absolute atomic E-state index is 12.7. The average Bonchev–Trinajstić information content (AvgIpc) is 2.52. The molecule has 25 heavy (non-hydrogen) atoms. The standard InChI is InChI=1S/C10H23N4O10P/c1-2-22-25(21,23-9(3-15,4-16)13-7(11)19)24-10(5-17,6-18)14-8(12)20/h15-18H,2-6H2,1H3,(H3,11,13,19)(H3,12,14,20). The average molecular weight is 390 g/mol. The monoisotopic (exact) mass is 390 g/mol. The SMILES string of the molecule is CCOP(=O)(OC(CO)(CO)NC(N)=O)OC(CO)(CO)NC(N)=O. The maximum atomic E-state index is 12.7. The number of carbonyl (C=O) groups excluding carboxylic acids is 2. The number of aliphatic hydroxyl groups is 4.